The first-order chi connectivity index (χ1) is 9.05. The standard InChI is InChI=1S/C11H15N3O3S2/c1-2-14-8-9(7-12-14)13-19(16,17)11-4-3-10(18-11)5-6-15/h3-4,7-8,13,15H,2,5-6H2,1H3. The Morgan fingerprint density at radius 1 is 1.47 bits per heavy atom. The lowest BCUT2D eigenvalue weighted by Gasteiger charge is -2.02. The zero-order valence-electron chi connectivity index (χ0n) is 10.4. The highest BCUT2D eigenvalue weighted by molar-refractivity contribution is 7.94. The van der Waals surface area contributed by atoms with Crippen LogP contribution in [-0.2, 0) is 23.0 Å². The maximum Gasteiger partial charge on any atom is 0.271 e. The molecule has 6 nitrogen and oxygen atoms in total. The van der Waals surface area contributed by atoms with Crippen molar-refractivity contribution in [2.45, 2.75) is 24.1 Å². The van der Waals surface area contributed by atoms with Crippen LogP contribution >= 0.6 is 11.3 Å². The Labute approximate surface area is 115 Å². The highest BCUT2D eigenvalue weighted by atomic mass is 32.2. The van der Waals surface area contributed by atoms with Crippen LogP contribution in [0.1, 0.15) is 11.8 Å². The topological polar surface area (TPSA) is 84.2 Å². The van der Waals surface area contributed by atoms with Crippen molar-refractivity contribution in [3.8, 4) is 0 Å². The summed E-state index contributed by atoms with van der Waals surface area (Å²) in [7, 11) is -3.57. The molecule has 8 heteroatoms. The van der Waals surface area contributed by atoms with E-state index < -0.39 is 10.0 Å². The van der Waals surface area contributed by atoms with Crippen molar-refractivity contribution < 1.29 is 13.5 Å². The number of hydrogen-bond donors (Lipinski definition) is 2. The molecular formula is C11H15N3O3S2. The monoisotopic (exact) mass is 301 g/mol. The van der Waals surface area contributed by atoms with Crippen LogP contribution in [0.25, 0.3) is 0 Å². The number of nitrogens with zero attached hydrogens (tertiary/aromatic N) is 2. The van der Waals surface area contributed by atoms with Crippen molar-refractivity contribution in [1.29, 1.82) is 0 Å². The number of aliphatic hydroxyl groups is 1. The molecule has 19 heavy (non-hydrogen) atoms. The SMILES string of the molecule is CCn1cc(NS(=O)(=O)c2ccc(CCO)s2)cn1. The number of anilines is 1. The molecule has 2 rings (SSSR count). The van der Waals surface area contributed by atoms with Gasteiger partial charge in [0.15, 0.2) is 0 Å². The molecule has 0 saturated carbocycles. The second-order valence-electron chi connectivity index (χ2n) is 3.88. The summed E-state index contributed by atoms with van der Waals surface area (Å²) in [5, 5.41) is 12.8. The van der Waals surface area contributed by atoms with Crippen LogP contribution in [0.4, 0.5) is 5.69 Å². The molecule has 0 radical (unpaired) electrons. The Balaban J connectivity index is 2.16. The van der Waals surface area contributed by atoms with E-state index in [1.54, 1.807) is 23.0 Å². The number of aromatic nitrogens is 2. The number of nitrogens with one attached hydrogen (secondary N) is 1. The van der Waals surface area contributed by atoms with Gasteiger partial charge in [-0.3, -0.25) is 9.40 Å². The molecule has 0 spiro atoms. The predicted octanol–water partition coefficient (Wildman–Crippen LogP) is 1.30. The lowest BCUT2D eigenvalue weighted by molar-refractivity contribution is 0.300. The lowest BCUT2D eigenvalue weighted by Crippen LogP contribution is -2.10. The molecule has 2 aromatic heterocycles. The van der Waals surface area contributed by atoms with Gasteiger partial charge in [0.2, 0.25) is 0 Å². The normalized spacial score (nSPS) is 11.7. The average molecular weight is 301 g/mol. The van der Waals surface area contributed by atoms with Gasteiger partial charge < -0.3 is 5.11 Å². The van der Waals surface area contributed by atoms with Gasteiger partial charge in [0.05, 0.1) is 11.9 Å². The zero-order chi connectivity index (χ0) is 13.9. The Hall–Kier alpha value is -1.38. The fourth-order valence-corrected chi connectivity index (χ4v) is 3.91. The minimum atomic E-state index is -3.57. The fourth-order valence-electron chi connectivity index (χ4n) is 1.54. The van der Waals surface area contributed by atoms with Crippen LogP contribution in [-0.4, -0.2) is 29.9 Å². The molecule has 0 unspecified atom stereocenters. The van der Waals surface area contributed by atoms with Gasteiger partial charge in [-0.15, -0.1) is 11.3 Å². The number of hydrogen-bond acceptors (Lipinski definition) is 5. The van der Waals surface area contributed by atoms with Crippen molar-refractivity contribution in [2.75, 3.05) is 11.3 Å². The van der Waals surface area contributed by atoms with Crippen LogP contribution in [0.3, 0.4) is 0 Å². The molecule has 0 atom stereocenters. The van der Waals surface area contributed by atoms with E-state index in [4.69, 9.17) is 5.11 Å². The molecule has 104 valence electrons. The summed E-state index contributed by atoms with van der Waals surface area (Å²) in [6, 6.07) is 3.26. The van der Waals surface area contributed by atoms with Gasteiger partial charge in [-0.2, -0.15) is 5.10 Å². The quantitative estimate of drug-likeness (QED) is 0.842. The van der Waals surface area contributed by atoms with Crippen molar-refractivity contribution in [3.05, 3.63) is 29.4 Å². The largest absolute Gasteiger partial charge is 0.396 e. The van der Waals surface area contributed by atoms with Crippen LogP contribution < -0.4 is 4.72 Å². The van der Waals surface area contributed by atoms with Gasteiger partial charge in [-0.25, -0.2) is 8.42 Å². The van der Waals surface area contributed by atoms with Crippen molar-refractivity contribution >= 4 is 27.0 Å². The molecule has 0 bridgehead atoms. The number of aryl methyl sites for hydroxylation is 1. The molecule has 2 aromatic rings. The second kappa shape index (κ2) is 5.72. The Morgan fingerprint density at radius 2 is 2.26 bits per heavy atom. The smallest absolute Gasteiger partial charge is 0.271 e. The molecule has 2 heterocycles. The van der Waals surface area contributed by atoms with E-state index in [0.717, 1.165) is 16.2 Å². The second-order valence-corrected chi connectivity index (χ2v) is 6.96. The van der Waals surface area contributed by atoms with Gasteiger partial charge in [0.1, 0.15) is 4.21 Å². The predicted molar refractivity (Wildman–Crippen MR) is 73.8 cm³/mol. The first-order valence-electron chi connectivity index (χ1n) is 5.80. The molecule has 0 aliphatic heterocycles. The fraction of sp³-hybridized carbons (Fsp3) is 0.364. The summed E-state index contributed by atoms with van der Waals surface area (Å²) in [4.78, 5) is 0.840. The average Bonchev–Trinajstić information content (AvgIpc) is 2.98. The first-order valence-corrected chi connectivity index (χ1v) is 8.10. The van der Waals surface area contributed by atoms with E-state index in [1.807, 2.05) is 6.92 Å². The highest BCUT2D eigenvalue weighted by Crippen LogP contribution is 2.24. The summed E-state index contributed by atoms with van der Waals surface area (Å²) < 4.78 is 28.6. The van der Waals surface area contributed by atoms with Crippen molar-refractivity contribution in [1.82, 2.24) is 9.78 Å². The third-order valence-electron chi connectivity index (χ3n) is 2.47. The van der Waals surface area contributed by atoms with E-state index in [0.29, 0.717) is 18.7 Å². The molecule has 0 aliphatic carbocycles. The van der Waals surface area contributed by atoms with E-state index in [1.165, 1.54) is 6.20 Å². The summed E-state index contributed by atoms with van der Waals surface area (Å²) in [6.45, 7) is 2.61. The third-order valence-corrected chi connectivity index (χ3v) is 5.49. The van der Waals surface area contributed by atoms with Crippen LogP contribution in [0.15, 0.2) is 28.7 Å². The number of rotatable bonds is 6. The Kier molecular flexibility index (Phi) is 4.23. The maximum absolute atomic E-state index is 12.1. The molecule has 0 fully saturated rings. The van der Waals surface area contributed by atoms with Gasteiger partial charge >= 0.3 is 0 Å². The molecule has 0 aromatic carbocycles. The number of sulfonamides is 1. The van der Waals surface area contributed by atoms with Gasteiger partial charge in [-0.05, 0) is 19.1 Å². The minimum absolute atomic E-state index is 0.0106. The van der Waals surface area contributed by atoms with Crippen LogP contribution in [0, 0.1) is 0 Å². The third kappa shape index (κ3) is 3.34. The molecule has 0 aliphatic rings. The highest BCUT2D eigenvalue weighted by Gasteiger charge is 2.17. The van der Waals surface area contributed by atoms with E-state index in [9.17, 15) is 8.42 Å². The van der Waals surface area contributed by atoms with E-state index >= 15 is 0 Å². The Bertz CT molecular complexity index is 646. The van der Waals surface area contributed by atoms with Gasteiger partial charge in [0, 0.05) is 30.6 Å². The molecule has 0 saturated heterocycles. The molecule has 2 N–H and O–H groups in total. The molecular weight excluding hydrogens is 286 g/mol. The lowest BCUT2D eigenvalue weighted by atomic mass is 10.4. The van der Waals surface area contributed by atoms with Crippen molar-refractivity contribution in [2.24, 2.45) is 0 Å². The summed E-state index contributed by atoms with van der Waals surface area (Å²) >= 11 is 1.16. The van der Waals surface area contributed by atoms with Gasteiger partial charge in [0.25, 0.3) is 10.0 Å². The summed E-state index contributed by atoms with van der Waals surface area (Å²) in [6.07, 6.45) is 3.58. The maximum atomic E-state index is 12.1. The van der Waals surface area contributed by atoms with Gasteiger partial charge in [-0.1, -0.05) is 0 Å². The van der Waals surface area contributed by atoms with E-state index in [2.05, 4.69) is 9.82 Å². The summed E-state index contributed by atoms with van der Waals surface area (Å²) in [5.41, 5.74) is 0.443. The van der Waals surface area contributed by atoms with Crippen LogP contribution in [0.2, 0.25) is 0 Å². The Morgan fingerprint density at radius 3 is 2.89 bits per heavy atom. The first kappa shape index (κ1) is 14.0. The minimum Gasteiger partial charge on any atom is -0.396 e. The zero-order valence-corrected chi connectivity index (χ0v) is 12.0. The number of thiophene rings is 1. The van der Waals surface area contributed by atoms with Crippen molar-refractivity contribution in [3.63, 3.8) is 0 Å². The number of aliphatic hydroxyl groups excluding tert-OH is 1. The van der Waals surface area contributed by atoms with Crippen LogP contribution in [0.5, 0.6) is 0 Å². The molecule has 0 amide bonds. The summed E-state index contributed by atoms with van der Waals surface area (Å²) in [5.74, 6) is 0. The van der Waals surface area contributed by atoms with E-state index in [-0.39, 0.29) is 10.8 Å².